The molecule has 0 saturated carbocycles. The van der Waals surface area contributed by atoms with Gasteiger partial charge < -0.3 is 5.73 Å². The monoisotopic (exact) mass is 246 g/mol. The van der Waals surface area contributed by atoms with E-state index in [0.29, 0.717) is 0 Å². The molecule has 2 aromatic rings. The predicted molar refractivity (Wildman–Crippen MR) is 73.4 cm³/mol. The van der Waals surface area contributed by atoms with Crippen LogP contribution < -0.4 is 5.73 Å². The summed E-state index contributed by atoms with van der Waals surface area (Å²) in [4.78, 5) is 5.65. The van der Waals surface area contributed by atoms with Crippen molar-refractivity contribution >= 4 is 11.3 Å². The molecule has 1 aromatic carbocycles. The van der Waals surface area contributed by atoms with Gasteiger partial charge in [-0.1, -0.05) is 24.3 Å². The van der Waals surface area contributed by atoms with Crippen molar-refractivity contribution in [2.24, 2.45) is 5.73 Å². The summed E-state index contributed by atoms with van der Waals surface area (Å²) >= 11 is 1.71. The molecule has 17 heavy (non-hydrogen) atoms. The number of nitrogens with zero attached hydrogens (tertiary/aromatic N) is 1. The van der Waals surface area contributed by atoms with Gasteiger partial charge in [0, 0.05) is 10.9 Å². The normalized spacial score (nSPS) is 12.7. The van der Waals surface area contributed by atoms with E-state index in [1.54, 1.807) is 11.3 Å². The van der Waals surface area contributed by atoms with Crippen LogP contribution in [-0.4, -0.2) is 4.98 Å². The van der Waals surface area contributed by atoms with Gasteiger partial charge in [-0.25, -0.2) is 4.98 Å². The third-order valence-electron chi connectivity index (χ3n) is 2.98. The summed E-state index contributed by atoms with van der Waals surface area (Å²) in [5.41, 5.74) is 9.99. The van der Waals surface area contributed by atoms with Gasteiger partial charge in [-0.3, -0.25) is 0 Å². The molecule has 2 rings (SSSR count). The minimum absolute atomic E-state index is 0.0577. The fourth-order valence-corrected chi connectivity index (χ4v) is 2.99. The van der Waals surface area contributed by atoms with Crippen molar-refractivity contribution < 1.29 is 0 Å². The first-order valence-electron chi connectivity index (χ1n) is 5.82. The van der Waals surface area contributed by atoms with Crippen LogP contribution in [0, 0.1) is 20.8 Å². The molecule has 0 saturated heterocycles. The maximum Gasteiger partial charge on any atom is 0.0900 e. The molecule has 0 amide bonds. The lowest BCUT2D eigenvalue weighted by molar-refractivity contribution is 0.725. The third-order valence-corrected chi connectivity index (χ3v) is 4.18. The van der Waals surface area contributed by atoms with Crippen LogP contribution in [0.3, 0.4) is 0 Å². The van der Waals surface area contributed by atoms with E-state index in [4.69, 9.17) is 5.73 Å². The zero-order valence-electron chi connectivity index (χ0n) is 10.5. The molecule has 1 atom stereocenters. The van der Waals surface area contributed by atoms with Crippen molar-refractivity contribution in [2.45, 2.75) is 33.2 Å². The number of rotatable bonds is 3. The average Bonchev–Trinajstić information content (AvgIpc) is 2.61. The summed E-state index contributed by atoms with van der Waals surface area (Å²) in [7, 11) is 0. The van der Waals surface area contributed by atoms with E-state index in [9.17, 15) is 0 Å². The number of nitrogens with two attached hydrogens (primary N) is 1. The van der Waals surface area contributed by atoms with Crippen molar-refractivity contribution in [2.75, 3.05) is 0 Å². The Labute approximate surface area is 107 Å². The van der Waals surface area contributed by atoms with E-state index in [0.717, 1.165) is 17.1 Å². The highest BCUT2D eigenvalue weighted by Gasteiger charge is 2.14. The Balaban J connectivity index is 2.20. The fourth-order valence-electron chi connectivity index (χ4n) is 2.06. The highest BCUT2D eigenvalue weighted by atomic mass is 32.1. The number of aryl methyl sites for hydroxylation is 3. The minimum Gasteiger partial charge on any atom is -0.323 e. The number of hydrogen-bond acceptors (Lipinski definition) is 3. The lowest BCUT2D eigenvalue weighted by Gasteiger charge is -2.12. The smallest absolute Gasteiger partial charge is 0.0900 e. The Morgan fingerprint density at radius 1 is 1.24 bits per heavy atom. The molecule has 1 heterocycles. The molecule has 0 aliphatic carbocycles. The first-order valence-corrected chi connectivity index (χ1v) is 6.63. The Morgan fingerprint density at radius 2 is 1.94 bits per heavy atom. The van der Waals surface area contributed by atoms with E-state index in [-0.39, 0.29) is 6.04 Å². The fraction of sp³-hybridized carbons (Fsp3) is 0.357. The summed E-state index contributed by atoms with van der Waals surface area (Å²) in [5.74, 6) is 0. The second kappa shape index (κ2) is 4.98. The molecule has 2 nitrogen and oxygen atoms in total. The Morgan fingerprint density at radius 3 is 2.53 bits per heavy atom. The second-order valence-electron chi connectivity index (χ2n) is 4.42. The van der Waals surface area contributed by atoms with Gasteiger partial charge >= 0.3 is 0 Å². The van der Waals surface area contributed by atoms with Gasteiger partial charge in [0.05, 0.1) is 10.7 Å². The molecule has 1 aromatic heterocycles. The van der Waals surface area contributed by atoms with Gasteiger partial charge in [-0.2, -0.15) is 0 Å². The van der Waals surface area contributed by atoms with E-state index in [1.807, 2.05) is 13.8 Å². The van der Waals surface area contributed by atoms with Crippen molar-refractivity contribution in [3.05, 3.63) is 51.0 Å². The number of thiazole rings is 1. The molecule has 2 N–H and O–H groups in total. The summed E-state index contributed by atoms with van der Waals surface area (Å²) in [6.07, 6.45) is 0.884. The van der Waals surface area contributed by atoms with Crippen molar-refractivity contribution in [1.29, 1.82) is 0 Å². The van der Waals surface area contributed by atoms with Crippen LogP contribution in [-0.2, 0) is 6.42 Å². The quantitative estimate of drug-likeness (QED) is 0.902. The van der Waals surface area contributed by atoms with Crippen molar-refractivity contribution in [3.63, 3.8) is 0 Å². The van der Waals surface area contributed by atoms with Gasteiger partial charge in [-0.15, -0.1) is 11.3 Å². The third kappa shape index (κ3) is 2.73. The topological polar surface area (TPSA) is 38.9 Å². The van der Waals surface area contributed by atoms with Crippen LogP contribution in [0.15, 0.2) is 24.3 Å². The predicted octanol–water partition coefficient (Wildman–Crippen LogP) is 3.31. The molecule has 0 fully saturated rings. The molecule has 3 heteroatoms. The van der Waals surface area contributed by atoms with Crippen LogP contribution >= 0.6 is 11.3 Å². The van der Waals surface area contributed by atoms with E-state index in [2.05, 4.69) is 36.2 Å². The standard InChI is InChI=1S/C14H18N2S/c1-9-6-4-5-7-12(9)8-13(15)14-10(2)16-11(3)17-14/h4-7,13H,8,15H2,1-3H3. The average molecular weight is 246 g/mol. The maximum atomic E-state index is 6.28. The summed E-state index contributed by atoms with van der Waals surface area (Å²) in [5, 5.41) is 1.10. The molecule has 0 aliphatic heterocycles. The van der Waals surface area contributed by atoms with Crippen LogP contribution in [0.1, 0.15) is 32.7 Å². The SMILES string of the molecule is Cc1nc(C)c(C(N)Cc2ccccc2C)s1. The summed E-state index contributed by atoms with van der Waals surface area (Å²) in [6, 6.07) is 8.47. The first kappa shape index (κ1) is 12.3. The highest BCUT2D eigenvalue weighted by molar-refractivity contribution is 7.11. The molecular weight excluding hydrogens is 228 g/mol. The second-order valence-corrected chi connectivity index (χ2v) is 5.65. The molecule has 0 spiro atoms. The van der Waals surface area contributed by atoms with Crippen molar-refractivity contribution in [1.82, 2.24) is 4.98 Å². The molecule has 0 radical (unpaired) electrons. The van der Waals surface area contributed by atoms with E-state index >= 15 is 0 Å². The molecule has 0 aliphatic rings. The number of aromatic nitrogens is 1. The Hall–Kier alpha value is -1.19. The molecule has 0 bridgehead atoms. The highest BCUT2D eigenvalue weighted by Crippen LogP contribution is 2.26. The van der Waals surface area contributed by atoms with Crippen molar-refractivity contribution in [3.8, 4) is 0 Å². The Kier molecular flexibility index (Phi) is 3.60. The summed E-state index contributed by atoms with van der Waals surface area (Å²) < 4.78 is 0. The summed E-state index contributed by atoms with van der Waals surface area (Å²) in [6.45, 7) is 6.20. The minimum atomic E-state index is 0.0577. The lowest BCUT2D eigenvalue weighted by Crippen LogP contribution is -2.13. The van der Waals surface area contributed by atoms with Crippen LogP contribution in [0.5, 0.6) is 0 Å². The van der Waals surface area contributed by atoms with Gasteiger partial charge in [0.1, 0.15) is 0 Å². The molecule has 1 unspecified atom stereocenters. The van der Waals surface area contributed by atoms with Gasteiger partial charge in [0.2, 0.25) is 0 Å². The largest absolute Gasteiger partial charge is 0.323 e. The molecular formula is C14H18N2S. The van der Waals surface area contributed by atoms with Gasteiger partial charge in [0.15, 0.2) is 0 Å². The van der Waals surface area contributed by atoms with Crippen LogP contribution in [0.25, 0.3) is 0 Å². The van der Waals surface area contributed by atoms with E-state index in [1.165, 1.54) is 16.0 Å². The van der Waals surface area contributed by atoms with Gasteiger partial charge in [0.25, 0.3) is 0 Å². The van der Waals surface area contributed by atoms with E-state index < -0.39 is 0 Å². The molecule has 90 valence electrons. The van der Waals surface area contributed by atoms with Gasteiger partial charge in [-0.05, 0) is 38.3 Å². The van der Waals surface area contributed by atoms with Crippen LogP contribution in [0.4, 0.5) is 0 Å². The zero-order chi connectivity index (χ0) is 12.4. The Bertz CT molecular complexity index is 517. The number of hydrogen-bond donors (Lipinski definition) is 1. The van der Waals surface area contributed by atoms with Crippen LogP contribution in [0.2, 0.25) is 0 Å². The maximum absolute atomic E-state index is 6.28. The zero-order valence-corrected chi connectivity index (χ0v) is 11.3. The first-order chi connectivity index (χ1) is 8.08. The lowest BCUT2D eigenvalue weighted by atomic mass is 10.0. The number of benzene rings is 1.